The maximum Gasteiger partial charge on any atom is 0.270 e. The van der Waals surface area contributed by atoms with Crippen LogP contribution in [0.1, 0.15) is 40.9 Å². The first-order valence-corrected chi connectivity index (χ1v) is 10.4. The van der Waals surface area contributed by atoms with Gasteiger partial charge in [0.05, 0.1) is 25.5 Å². The standard InChI is InChI=1S/C22H24F2N4O5/c1-12-26-17(19-7-22(2,33-28-19)20-11-31-14(9-29)10-32-20)6-18(27-12)21(30)25-8-13-3-4-15(23)16(24)5-13/h3-6,14,20,29H,7-11H2,1-2H3,(H,25,30). The minimum Gasteiger partial charge on any atom is -0.394 e. The molecule has 3 atom stereocenters. The smallest absolute Gasteiger partial charge is 0.270 e. The summed E-state index contributed by atoms with van der Waals surface area (Å²) < 4.78 is 37.8. The van der Waals surface area contributed by atoms with Crippen molar-refractivity contribution in [1.29, 1.82) is 0 Å². The topological polar surface area (TPSA) is 115 Å². The van der Waals surface area contributed by atoms with Gasteiger partial charge in [-0.1, -0.05) is 11.2 Å². The van der Waals surface area contributed by atoms with Crippen LogP contribution in [-0.4, -0.2) is 64.3 Å². The number of aliphatic hydroxyl groups excluding tert-OH is 1. The normalized spacial score (nSPS) is 24.8. The Balaban J connectivity index is 1.43. The van der Waals surface area contributed by atoms with E-state index in [1.54, 1.807) is 6.92 Å². The molecule has 9 nitrogen and oxygen atoms in total. The highest BCUT2D eigenvalue weighted by molar-refractivity contribution is 6.02. The van der Waals surface area contributed by atoms with Crippen molar-refractivity contribution in [3.05, 3.63) is 58.7 Å². The lowest BCUT2D eigenvalue weighted by Crippen LogP contribution is -2.50. The molecule has 3 heterocycles. The Morgan fingerprint density at radius 3 is 2.73 bits per heavy atom. The summed E-state index contributed by atoms with van der Waals surface area (Å²) in [4.78, 5) is 26.8. The van der Waals surface area contributed by atoms with Gasteiger partial charge in [-0.25, -0.2) is 18.7 Å². The third kappa shape index (κ3) is 5.15. The van der Waals surface area contributed by atoms with Gasteiger partial charge in [-0.2, -0.15) is 0 Å². The van der Waals surface area contributed by atoms with Crippen molar-refractivity contribution in [2.75, 3.05) is 19.8 Å². The van der Waals surface area contributed by atoms with Crippen LogP contribution < -0.4 is 5.32 Å². The van der Waals surface area contributed by atoms with E-state index in [1.807, 2.05) is 6.92 Å². The summed E-state index contributed by atoms with van der Waals surface area (Å²) in [6, 6.07) is 4.92. The average molecular weight is 462 g/mol. The second kappa shape index (κ2) is 9.46. The van der Waals surface area contributed by atoms with Gasteiger partial charge >= 0.3 is 0 Å². The van der Waals surface area contributed by atoms with Gasteiger partial charge in [-0.15, -0.1) is 0 Å². The summed E-state index contributed by atoms with van der Waals surface area (Å²) >= 11 is 0. The first kappa shape index (κ1) is 23.1. The molecule has 1 aromatic heterocycles. The van der Waals surface area contributed by atoms with Gasteiger partial charge in [0.2, 0.25) is 0 Å². The molecular weight excluding hydrogens is 438 g/mol. The lowest BCUT2D eigenvalue weighted by Gasteiger charge is -2.36. The number of aliphatic hydroxyl groups is 1. The van der Waals surface area contributed by atoms with E-state index in [4.69, 9.17) is 14.3 Å². The number of rotatable bonds is 6. The molecule has 176 valence electrons. The number of aromatic nitrogens is 2. The highest BCUT2D eigenvalue weighted by atomic mass is 19.2. The van der Waals surface area contributed by atoms with Crippen molar-refractivity contribution in [1.82, 2.24) is 15.3 Å². The molecule has 3 unspecified atom stereocenters. The maximum absolute atomic E-state index is 13.4. The van der Waals surface area contributed by atoms with Crippen molar-refractivity contribution in [3.63, 3.8) is 0 Å². The van der Waals surface area contributed by atoms with Crippen LogP contribution in [0.15, 0.2) is 29.4 Å². The highest BCUT2D eigenvalue weighted by Gasteiger charge is 2.45. The highest BCUT2D eigenvalue weighted by Crippen LogP contribution is 2.33. The fourth-order valence-corrected chi connectivity index (χ4v) is 3.62. The zero-order valence-electron chi connectivity index (χ0n) is 18.2. The van der Waals surface area contributed by atoms with Crippen LogP contribution in [0.25, 0.3) is 0 Å². The van der Waals surface area contributed by atoms with Crippen molar-refractivity contribution in [2.24, 2.45) is 5.16 Å². The van der Waals surface area contributed by atoms with Crippen molar-refractivity contribution >= 4 is 11.6 Å². The number of amides is 1. The number of ether oxygens (including phenoxy) is 2. The van der Waals surface area contributed by atoms with Gasteiger partial charge in [0.15, 0.2) is 17.2 Å². The second-order valence-electron chi connectivity index (χ2n) is 8.20. The zero-order chi connectivity index (χ0) is 23.6. The summed E-state index contributed by atoms with van der Waals surface area (Å²) in [6.45, 7) is 3.89. The lowest BCUT2D eigenvalue weighted by atomic mass is 9.91. The molecule has 11 heteroatoms. The lowest BCUT2D eigenvalue weighted by molar-refractivity contribution is -0.208. The summed E-state index contributed by atoms with van der Waals surface area (Å²) in [6.07, 6.45) is -0.371. The molecule has 1 fully saturated rings. The molecule has 0 saturated carbocycles. The zero-order valence-corrected chi connectivity index (χ0v) is 18.2. The molecule has 0 spiro atoms. The van der Waals surface area contributed by atoms with Crippen LogP contribution in [-0.2, 0) is 20.9 Å². The molecule has 4 rings (SSSR count). The van der Waals surface area contributed by atoms with Crippen LogP contribution in [0.4, 0.5) is 8.78 Å². The molecule has 0 aliphatic carbocycles. The Morgan fingerprint density at radius 1 is 1.21 bits per heavy atom. The number of hydrogen-bond acceptors (Lipinski definition) is 8. The van der Waals surface area contributed by atoms with Gasteiger partial charge in [0.25, 0.3) is 5.91 Å². The molecule has 1 amide bonds. The van der Waals surface area contributed by atoms with Crippen LogP contribution in [0.2, 0.25) is 0 Å². The minimum atomic E-state index is -0.983. The summed E-state index contributed by atoms with van der Waals surface area (Å²) in [5, 5.41) is 16.0. The molecule has 2 N–H and O–H groups in total. The number of benzene rings is 1. The van der Waals surface area contributed by atoms with E-state index in [-0.39, 0.29) is 44.3 Å². The van der Waals surface area contributed by atoms with E-state index >= 15 is 0 Å². The molecular formula is C22H24F2N4O5. The quantitative estimate of drug-likeness (QED) is 0.671. The van der Waals surface area contributed by atoms with Gasteiger partial charge in [-0.3, -0.25) is 4.79 Å². The third-order valence-corrected chi connectivity index (χ3v) is 5.54. The van der Waals surface area contributed by atoms with Crippen molar-refractivity contribution in [2.45, 2.75) is 44.6 Å². The molecule has 2 aliphatic heterocycles. The number of nitrogens with one attached hydrogen (secondary N) is 1. The summed E-state index contributed by atoms with van der Waals surface area (Å²) in [7, 11) is 0. The maximum atomic E-state index is 13.4. The fraction of sp³-hybridized carbons (Fsp3) is 0.455. The second-order valence-corrected chi connectivity index (χ2v) is 8.20. The molecule has 0 radical (unpaired) electrons. The monoisotopic (exact) mass is 462 g/mol. The number of carbonyl (C=O) groups is 1. The van der Waals surface area contributed by atoms with Gasteiger partial charge < -0.3 is 24.7 Å². The predicted octanol–water partition coefficient (Wildman–Crippen LogP) is 1.65. The molecule has 33 heavy (non-hydrogen) atoms. The predicted molar refractivity (Wildman–Crippen MR) is 112 cm³/mol. The average Bonchev–Trinajstić information content (AvgIpc) is 3.22. The Bertz CT molecular complexity index is 1070. The van der Waals surface area contributed by atoms with Crippen LogP contribution in [0.5, 0.6) is 0 Å². The van der Waals surface area contributed by atoms with Gasteiger partial charge in [-0.05, 0) is 37.6 Å². The number of aryl methyl sites for hydroxylation is 1. The van der Waals surface area contributed by atoms with Gasteiger partial charge in [0.1, 0.15) is 29.4 Å². The van der Waals surface area contributed by atoms with Crippen LogP contribution >= 0.6 is 0 Å². The first-order chi connectivity index (χ1) is 15.8. The minimum absolute atomic E-state index is 0.00436. The number of carbonyl (C=O) groups excluding carboxylic acids is 1. The molecule has 2 aromatic rings. The molecule has 2 aliphatic rings. The molecule has 1 saturated heterocycles. The van der Waals surface area contributed by atoms with E-state index in [2.05, 4.69) is 20.4 Å². The van der Waals surface area contributed by atoms with Crippen molar-refractivity contribution < 1.29 is 33.0 Å². The van der Waals surface area contributed by atoms with E-state index in [0.717, 1.165) is 12.1 Å². The third-order valence-electron chi connectivity index (χ3n) is 5.54. The SMILES string of the molecule is Cc1nc(C(=O)NCc2ccc(F)c(F)c2)cc(C2=NOC(C)(C3COC(CO)CO3)C2)n1. The Hall–Kier alpha value is -3.02. The summed E-state index contributed by atoms with van der Waals surface area (Å²) in [5.41, 5.74) is 0.707. The number of oxime groups is 1. The first-order valence-electron chi connectivity index (χ1n) is 10.4. The Kier molecular flexibility index (Phi) is 6.63. The van der Waals surface area contributed by atoms with Gasteiger partial charge in [0, 0.05) is 13.0 Å². The van der Waals surface area contributed by atoms with E-state index in [1.165, 1.54) is 12.1 Å². The number of halogens is 2. The fourth-order valence-electron chi connectivity index (χ4n) is 3.62. The number of hydrogen-bond donors (Lipinski definition) is 2. The number of nitrogens with zero attached hydrogens (tertiary/aromatic N) is 3. The Morgan fingerprint density at radius 2 is 2.03 bits per heavy atom. The summed E-state index contributed by atoms with van der Waals surface area (Å²) in [5.74, 6) is -2.06. The largest absolute Gasteiger partial charge is 0.394 e. The van der Waals surface area contributed by atoms with Crippen LogP contribution in [0.3, 0.4) is 0 Å². The van der Waals surface area contributed by atoms with E-state index in [9.17, 15) is 18.7 Å². The molecule has 0 bridgehead atoms. The molecule has 1 aromatic carbocycles. The van der Waals surface area contributed by atoms with E-state index < -0.39 is 23.1 Å². The Labute approximate surface area is 188 Å². The van der Waals surface area contributed by atoms with Crippen molar-refractivity contribution in [3.8, 4) is 0 Å². The van der Waals surface area contributed by atoms with Crippen LogP contribution in [0, 0.1) is 18.6 Å². The van der Waals surface area contributed by atoms with E-state index in [0.29, 0.717) is 29.2 Å².